The van der Waals surface area contributed by atoms with E-state index >= 15 is 0 Å². The molecule has 1 aromatic carbocycles. The molecule has 0 aliphatic rings. The molecule has 1 heterocycles. The first kappa shape index (κ1) is 8.08. The van der Waals surface area contributed by atoms with Gasteiger partial charge in [-0.25, -0.2) is 0 Å². The molecule has 0 aliphatic heterocycles. The van der Waals surface area contributed by atoms with Gasteiger partial charge in [-0.3, -0.25) is 0 Å². The molecule has 0 unspecified atom stereocenters. The van der Waals surface area contributed by atoms with Crippen LogP contribution in [-0.4, -0.2) is 9.67 Å². The van der Waals surface area contributed by atoms with Crippen molar-refractivity contribution in [2.24, 2.45) is 0 Å². The fourth-order valence-corrected chi connectivity index (χ4v) is 1.32. The summed E-state index contributed by atoms with van der Waals surface area (Å²) in [5.74, 6) is 0. The highest BCUT2D eigenvalue weighted by molar-refractivity contribution is 5.36. The van der Waals surface area contributed by atoms with Gasteiger partial charge < -0.3 is 9.67 Å². The average molecular weight is 173 g/mol. The molecule has 0 amide bonds. The van der Waals surface area contributed by atoms with Gasteiger partial charge in [0, 0.05) is 18.1 Å². The molecular weight excluding hydrogens is 162 g/mol. The molecule has 0 aliphatic carbocycles. The molecule has 1 N–H and O–H groups in total. The van der Waals surface area contributed by atoms with Crippen LogP contribution in [0.1, 0.15) is 5.56 Å². The molecule has 2 aromatic rings. The Morgan fingerprint density at radius 1 is 1.08 bits per heavy atom. The zero-order valence-electron chi connectivity index (χ0n) is 7.22. The molecule has 1 aromatic heterocycles. The lowest BCUT2D eigenvalue weighted by atomic mass is 10.2. The van der Waals surface area contributed by atoms with Crippen molar-refractivity contribution in [1.29, 1.82) is 0 Å². The zero-order valence-corrected chi connectivity index (χ0v) is 7.22. The topological polar surface area (TPSA) is 25.2 Å². The highest BCUT2D eigenvalue weighted by atomic mass is 16.3. The van der Waals surface area contributed by atoms with Gasteiger partial charge in [0.05, 0.1) is 6.61 Å². The summed E-state index contributed by atoms with van der Waals surface area (Å²) in [6.45, 7) is 0.0924. The average Bonchev–Trinajstić information content (AvgIpc) is 2.71. The van der Waals surface area contributed by atoms with Gasteiger partial charge in [-0.05, 0) is 29.8 Å². The third kappa shape index (κ3) is 1.63. The van der Waals surface area contributed by atoms with E-state index in [1.54, 1.807) is 0 Å². The summed E-state index contributed by atoms with van der Waals surface area (Å²) in [7, 11) is 0. The maximum atomic E-state index is 8.95. The van der Waals surface area contributed by atoms with Crippen LogP contribution in [0.25, 0.3) is 5.69 Å². The summed E-state index contributed by atoms with van der Waals surface area (Å²) >= 11 is 0. The van der Waals surface area contributed by atoms with Crippen LogP contribution in [0.3, 0.4) is 0 Å². The monoisotopic (exact) mass is 173 g/mol. The van der Waals surface area contributed by atoms with Crippen molar-refractivity contribution in [2.45, 2.75) is 6.61 Å². The van der Waals surface area contributed by atoms with Crippen molar-refractivity contribution in [2.75, 3.05) is 0 Å². The van der Waals surface area contributed by atoms with Gasteiger partial charge >= 0.3 is 0 Å². The van der Waals surface area contributed by atoms with Gasteiger partial charge in [-0.2, -0.15) is 0 Å². The summed E-state index contributed by atoms with van der Waals surface area (Å²) < 4.78 is 2.01. The first-order valence-corrected chi connectivity index (χ1v) is 4.23. The Balaban J connectivity index is 2.41. The number of aliphatic hydroxyl groups is 1. The number of aliphatic hydroxyl groups excluding tert-OH is 1. The van der Waals surface area contributed by atoms with Gasteiger partial charge in [0.1, 0.15) is 0 Å². The summed E-state index contributed by atoms with van der Waals surface area (Å²) in [6, 6.07) is 11.8. The molecule has 0 saturated heterocycles. The van der Waals surface area contributed by atoms with Crippen LogP contribution in [-0.2, 0) is 6.61 Å². The van der Waals surface area contributed by atoms with E-state index in [2.05, 4.69) is 0 Å². The maximum absolute atomic E-state index is 8.95. The van der Waals surface area contributed by atoms with Crippen molar-refractivity contribution in [3.8, 4) is 5.69 Å². The molecule has 66 valence electrons. The maximum Gasteiger partial charge on any atom is 0.0682 e. The lowest BCUT2D eigenvalue weighted by molar-refractivity contribution is 0.282. The lowest BCUT2D eigenvalue weighted by Gasteiger charge is -2.03. The third-order valence-electron chi connectivity index (χ3n) is 2.00. The standard InChI is InChI=1S/C11H11NO/c13-9-10-4-3-5-11(8-10)12-6-1-2-7-12/h1-8,13H,9H2. The summed E-state index contributed by atoms with van der Waals surface area (Å²) in [4.78, 5) is 0. The third-order valence-corrected chi connectivity index (χ3v) is 2.00. The molecule has 2 heteroatoms. The fourth-order valence-electron chi connectivity index (χ4n) is 1.32. The Labute approximate surface area is 77.1 Å². The van der Waals surface area contributed by atoms with Crippen molar-refractivity contribution in [1.82, 2.24) is 4.57 Å². The van der Waals surface area contributed by atoms with E-state index in [-0.39, 0.29) is 6.61 Å². The first-order valence-electron chi connectivity index (χ1n) is 4.23. The van der Waals surface area contributed by atoms with Crippen LogP contribution < -0.4 is 0 Å². The number of aromatic nitrogens is 1. The highest BCUT2D eigenvalue weighted by Gasteiger charge is 1.95. The SMILES string of the molecule is OCc1cccc(-n2cccc2)c1. The Morgan fingerprint density at radius 2 is 1.85 bits per heavy atom. The van der Waals surface area contributed by atoms with Crippen molar-refractivity contribution < 1.29 is 5.11 Å². The van der Waals surface area contributed by atoms with Crippen LogP contribution in [0.4, 0.5) is 0 Å². The molecule has 0 bridgehead atoms. The minimum atomic E-state index is 0.0924. The molecule has 0 atom stereocenters. The van der Waals surface area contributed by atoms with Crippen molar-refractivity contribution in [3.05, 3.63) is 54.4 Å². The molecule has 0 saturated carbocycles. The quantitative estimate of drug-likeness (QED) is 0.738. The Hall–Kier alpha value is -1.54. The number of nitrogens with zero attached hydrogens (tertiary/aromatic N) is 1. The minimum Gasteiger partial charge on any atom is -0.392 e. The van der Waals surface area contributed by atoms with Gasteiger partial charge in [-0.15, -0.1) is 0 Å². The van der Waals surface area contributed by atoms with Crippen molar-refractivity contribution in [3.63, 3.8) is 0 Å². The highest BCUT2D eigenvalue weighted by Crippen LogP contribution is 2.10. The molecule has 2 nitrogen and oxygen atoms in total. The second kappa shape index (κ2) is 3.46. The van der Waals surface area contributed by atoms with Crippen LogP contribution in [0, 0.1) is 0 Å². The van der Waals surface area contributed by atoms with E-state index in [1.165, 1.54) is 0 Å². The van der Waals surface area contributed by atoms with Crippen LogP contribution in [0.15, 0.2) is 48.8 Å². The second-order valence-corrected chi connectivity index (χ2v) is 2.92. The molecule has 0 radical (unpaired) electrons. The largest absolute Gasteiger partial charge is 0.392 e. The predicted molar refractivity (Wildman–Crippen MR) is 51.7 cm³/mol. The molecular formula is C11H11NO. The minimum absolute atomic E-state index is 0.0924. The van der Waals surface area contributed by atoms with E-state index in [1.807, 2.05) is 53.4 Å². The summed E-state index contributed by atoms with van der Waals surface area (Å²) in [5, 5.41) is 8.95. The normalized spacial score (nSPS) is 10.2. The second-order valence-electron chi connectivity index (χ2n) is 2.92. The van der Waals surface area contributed by atoms with Gasteiger partial charge in [0.2, 0.25) is 0 Å². The fraction of sp³-hybridized carbons (Fsp3) is 0.0909. The number of rotatable bonds is 2. The lowest BCUT2D eigenvalue weighted by Crippen LogP contribution is -1.91. The van der Waals surface area contributed by atoms with Crippen molar-refractivity contribution >= 4 is 0 Å². The number of hydrogen-bond donors (Lipinski definition) is 1. The van der Waals surface area contributed by atoms with Gasteiger partial charge in [0.25, 0.3) is 0 Å². The Morgan fingerprint density at radius 3 is 2.54 bits per heavy atom. The predicted octanol–water partition coefficient (Wildman–Crippen LogP) is 1.97. The van der Waals surface area contributed by atoms with E-state index in [4.69, 9.17) is 5.11 Å². The van der Waals surface area contributed by atoms with Crippen LogP contribution >= 0.6 is 0 Å². The smallest absolute Gasteiger partial charge is 0.0682 e. The van der Waals surface area contributed by atoms with E-state index in [0.29, 0.717) is 0 Å². The van der Waals surface area contributed by atoms with E-state index in [0.717, 1.165) is 11.3 Å². The van der Waals surface area contributed by atoms with E-state index in [9.17, 15) is 0 Å². The van der Waals surface area contributed by atoms with Gasteiger partial charge in [0.15, 0.2) is 0 Å². The zero-order chi connectivity index (χ0) is 9.10. The van der Waals surface area contributed by atoms with Gasteiger partial charge in [-0.1, -0.05) is 12.1 Å². The Bertz CT molecular complexity index is 379. The first-order chi connectivity index (χ1) is 6.40. The molecule has 0 fully saturated rings. The van der Waals surface area contributed by atoms with E-state index < -0.39 is 0 Å². The Kier molecular flexibility index (Phi) is 2.15. The molecule has 13 heavy (non-hydrogen) atoms. The number of benzene rings is 1. The van der Waals surface area contributed by atoms with Crippen LogP contribution in [0.2, 0.25) is 0 Å². The molecule has 2 rings (SSSR count). The molecule has 0 spiro atoms. The number of hydrogen-bond acceptors (Lipinski definition) is 1. The summed E-state index contributed by atoms with van der Waals surface area (Å²) in [6.07, 6.45) is 3.97. The van der Waals surface area contributed by atoms with Crippen LogP contribution in [0.5, 0.6) is 0 Å². The summed E-state index contributed by atoms with van der Waals surface area (Å²) in [5.41, 5.74) is 2.02.